The quantitative estimate of drug-likeness (QED) is 0.786. The van der Waals surface area contributed by atoms with Crippen LogP contribution in [-0.2, 0) is 6.54 Å². The van der Waals surface area contributed by atoms with Crippen molar-refractivity contribution in [2.45, 2.75) is 13.5 Å². The summed E-state index contributed by atoms with van der Waals surface area (Å²) >= 11 is 1.56. The first-order chi connectivity index (χ1) is 10.2. The Balaban J connectivity index is 1.79. The molecule has 2 aromatic heterocycles. The number of aromatic nitrogens is 5. The molecule has 0 radical (unpaired) electrons. The number of nitrogens with one attached hydrogen (secondary N) is 1. The molecule has 0 saturated carbocycles. The van der Waals surface area contributed by atoms with E-state index in [9.17, 15) is 4.79 Å². The van der Waals surface area contributed by atoms with Gasteiger partial charge in [0.05, 0.1) is 22.8 Å². The highest BCUT2D eigenvalue weighted by molar-refractivity contribution is 7.11. The van der Waals surface area contributed by atoms with Crippen molar-refractivity contribution in [3.63, 3.8) is 0 Å². The summed E-state index contributed by atoms with van der Waals surface area (Å²) in [4.78, 5) is 17.5. The Morgan fingerprint density at radius 3 is 2.95 bits per heavy atom. The smallest absolute Gasteiger partial charge is 0.253 e. The van der Waals surface area contributed by atoms with Crippen LogP contribution in [0.5, 0.6) is 0 Å². The number of amides is 1. The van der Waals surface area contributed by atoms with E-state index in [1.807, 2.05) is 13.0 Å². The molecule has 2 heterocycles. The van der Waals surface area contributed by atoms with Crippen LogP contribution in [0.2, 0.25) is 0 Å². The number of carbonyl (C=O) groups excluding carboxylic acids is 1. The maximum atomic E-state index is 12.3. The van der Waals surface area contributed by atoms with E-state index in [0.29, 0.717) is 17.8 Å². The van der Waals surface area contributed by atoms with Crippen LogP contribution >= 0.6 is 11.3 Å². The number of rotatable bonds is 4. The molecule has 1 aromatic carbocycles. The average molecular weight is 300 g/mol. The molecule has 106 valence electrons. The van der Waals surface area contributed by atoms with Crippen molar-refractivity contribution in [2.24, 2.45) is 0 Å². The maximum Gasteiger partial charge on any atom is 0.253 e. The van der Waals surface area contributed by atoms with Gasteiger partial charge < -0.3 is 5.32 Å². The van der Waals surface area contributed by atoms with E-state index in [0.717, 1.165) is 9.88 Å². The number of thiazole rings is 1. The normalized spacial score (nSPS) is 10.5. The van der Waals surface area contributed by atoms with Gasteiger partial charge in [-0.15, -0.1) is 16.4 Å². The van der Waals surface area contributed by atoms with Crippen LogP contribution in [0, 0.1) is 6.92 Å². The zero-order chi connectivity index (χ0) is 14.7. The van der Waals surface area contributed by atoms with Gasteiger partial charge in [-0.2, -0.15) is 4.68 Å². The summed E-state index contributed by atoms with van der Waals surface area (Å²) < 4.78 is 1.46. The molecule has 3 aromatic rings. The third kappa shape index (κ3) is 2.95. The van der Waals surface area contributed by atoms with Crippen molar-refractivity contribution in [2.75, 3.05) is 0 Å². The summed E-state index contributed by atoms with van der Waals surface area (Å²) in [6.45, 7) is 2.39. The molecule has 8 heteroatoms. The SMILES string of the molecule is Cc1ncc(CNC(=O)c2ccccc2-n2cnnn2)s1. The van der Waals surface area contributed by atoms with Crippen molar-refractivity contribution in [3.8, 4) is 5.69 Å². The van der Waals surface area contributed by atoms with Gasteiger partial charge in [0.25, 0.3) is 5.91 Å². The van der Waals surface area contributed by atoms with Gasteiger partial charge in [-0.3, -0.25) is 4.79 Å². The van der Waals surface area contributed by atoms with E-state index in [1.165, 1.54) is 11.0 Å². The molecule has 1 N–H and O–H groups in total. The van der Waals surface area contributed by atoms with Gasteiger partial charge >= 0.3 is 0 Å². The van der Waals surface area contributed by atoms with Crippen LogP contribution in [0.15, 0.2) is 36.8 Å². The molecule has 7 nitrogen and oxygen atoms in total. The second-order valence-electron chi connectivity index (χ2n) is 4.30. The molecule has 0 aliphatic heterocycles. The zero-order valence-corrected chi connectivity index (χ0v) is 12.0. The van der Waals surface area contributed by atoms with Crippen LogP contribution < -0.4 is 5.32 Å². The Morgan fingerprint density at radius 2 is 2.24 bits per heavy atom. The van der Waals surface area contributed by atoms with E-state index in [4.69, 9.17) is 0 Å². The zero-order valence-electron chi connectivity index (χ0n) is 11.2. The lowest BCUT2D eigenvalue weighted by Crippen LogP contribution is -2.24. The fraction of sp³-hybridized carbons (Fsp3) is 0.154. The highest BCUT2D eigenvalue weighted by Gasteiger charge is 2.13. The molecule has 3 rings (SSSR count). The maximum absolute atomic E-state index is 12.3. The Hall–Kier alpha value is -2.61. The molecule has 0 aliphatic carbocycles. The Labute approximate surface area is 124 Å². The predicted molar refractivity (Wildman–Crippen MR) is 77.2 cm³/mol. The van der Waals surface area contributed by atoms with Gasteiger partial charge in [0.1, 0.15) is 6.33 Å². The van der Waals surface area contributed by atoms with Crippen molar-refractivity contribution in [1.29, 1.82) is 0 Å². The van der Waals surface area contributed by atoms with Gasteiger partial charge in [-0.05, 0) is 29.5 Å². The Morgan fingerprint density at radius 1 is 1.38 bits per heavy atom. The van der Waals surface area contributed by atoms with Crippen molar-refractivity contribution >= 4 is 17.2 Å². The van der Waals surface area contributed by atoms with Crippen molar-refractivity contribution < 1.29 is 4.79 Å². The summed E-state index contributed by atoms with van der Waals surface area (Å²) in [5, 5.41) is 14.9. The third-order valence-corrected chi connectivity index (χ3v) is 3.75. The lowest BCUT2D eigenvalue weighted by Gasteiger charge is -2.08. The van der Waals surface area contributed by atoms with Crippen LogP contribution in [0.3, 0.4) is 0 Å². The molecule has 0 unspecified atom stereocenters. The lowest BCUT2D eigenvalue weighted by molar-refractivity contribution is 0.0951. The number of hydrogen-bond acceptors (Lipinski definition) is 6. The monoisotopic (exact) mass is 300 g/mol. The summed E-state index contributed by atoms with van der Waals surface area (Å²) in [5.41, 5.74) is 1.16. The summed E-state index contributed by atoms with van der Waals surface area (Å²) in [6, 6.07) is 7.17. The molecule has 0 aliphatic rings. The highest BCUT2D eigenvalue weighted by atomic mass is 32.1. The van der Waals surface area contributed by atoms with E-state index in [2.05, 4.69) is 25.8 Å². The first-order valence-corrected chi connectivity index (χ1v) is 7.07. The summed E-state index contributed by atoms with van der Waals surface area (Å²) in [7, 11) is 0. The molecule has 21 heavy (non-hydrogen) atoms. The van der Waals surface area contributed by atoms with Crippen molar-refractivity contribution in [1.82, 2.24) is 30.5 Å². The van der Waals surface area contributed by atoms with Crippen LogP contribution in [0.4, 0.5) is 0 Å². The molecule has 0 fully saturated rings. The fourth-order valence-electron chi connectivity index (χ4n) is 1.89. The number of benzene rings is 1. The van der Waals surface area contributed by atoms with E-state index in [1.54, 1.807) is 35.7 Å². The van der Waals surface area contributed by atoms with E-state index >= 15 is 0 Å². The van der Waals surface area contributed by atoms with Crippen LogP contribution in [-0.4, -0.2) is 31.1 Å². The predicted octanol–water partition coefficient (Wildman–Crippen LogP) is 1.36. The number of aryl methyl sites for hydroxylation is 1. The molecule has 1 amide bonds. The van der Waals surface area contributed by atoms with Gasteiger partial charge in [-0.25, -0.2) is 4.98 Å². The number of hydrogen-bond donors (Lipinski definition) is 1. The molecule has 0 atom stereocenters. The van der Waals surface area contributed by atoms with Crippen LogP contribution in [0.25, 0.3) is 5.69 Å². The number of carbonyl (C=O) groups is 1. The second kappa shape index (κ2) is 5.80. The molecular formula is C13H12N6OS. The third-order valence-electron chi connectivity index (χ3n) is 2.84. The topological polar surface area (TPSA) is 85.6 Å². The summed E-state index contributed by atoms with van der Waals surface area (Å²) in [6.07, 6.45) is 3.23. The fourth-order valence-corrected chi connectivity index (χ4v) is 2.62. The number of para-hydroxylation sites is 1. The highest BCUT2D eigenvalue weighted by Crippen LogP contribution is 2.14. The van der Waals surface area contributed by atoms with Gasteiger partial charge in [-0.1, -0.05) is 12.1 Å². The van der Waals surface area contributed by atoms with Gasteiger partial charge in [0.15, 0.2) is 0 Å². The number of nitrogens with zero attached hydrogens (tertiary/aromatic N) is 5. The lowest BCUT2D eigenvalue weighted by atomic mass is 10.1. The minimum Gasteiger partial charge on any atom is -0.347 e. The first kappa shape index (κ1) is 13.4. The average Bonchev–Trinajstić information content (AvgIpc) is 3.16. The van der Waals surface area contributed by atoms with E-state index in [-0.39, 0.29) is 5.91 Å². The summed E-state index contributed by atoms with van der Waals surface area (Å²) in [5.74, 6) is -0.174. The van der Waals surface area contributed by atoms with Crippen LogP contribution in [0.1, 0.15) is 20.2 Å². The minimum absolute atomic E-state index is 0.174. The van der Waals surface area contributed by atoms with Crippen molar-refractivity contribution in [3.05, 3.63) is 52.2 Å². The Kier molecular flexibility index (Phi) is 3.69. The molecular weight excluding hydrogens is 288 g/mol. The standard InChI is InChI=1S/C13H12N6OS/c1-9-14-6-10(21-9)7-15-13(20)11-4-2-3-5-12(11)19-8-16-17-18-19/h2-6,8H,7H2,1H3,(H,15,20). The Bertz CT molecular complexity index is 752. The van der Waals surface area contributed by atoms with Gasteiger partial charge in [0.2, 0.25) is 0 Å². The molecule has 0 saturated heterocycles. The van der Waals surface area contributed by atoms with Gasteiger partial charge in [0, 0.05) is 11.1 Å². The number of tetrazole rings is 1. The molecule has 0 spiro atoms. The minimum atomic E-state index is -0.174. The largest absolute Gasteiger partial charge is 0.347 e. The second-order valence-corrected chi connectivity index (χ2v) is 5.62. The van der Waals surface area contributed by atoms with E-state index < -0.39 is 0 Å². The molecule has 0 bridgehead atoms. The first-order valence-electron chi connectivity index (χ1n) is 6.26.